The summed E-state index contributed by atoms with van der Waals surface area (Å²) in [6, 6.07) is 3.78. The smallest absolute Gasteiger partial charge is 0.218 e. The molecule has 0 saturated carbocycles. The van der Waals surface area contributed by atoms with Crippen LogP contribution in [0.15, 0.2) is 18.3 Å². The summed E-state index contributed by atoms with van der Waals surface area (Å²) in [5, 5.41) is 0. The Morgan fingerprint density at radius 2 is 2.20 bits per heavy atom. The zero-order valence-electron chi connectivity index (χ0n) is 9.95. The summed E-state index contributed by atoms with van der Waals surface area (Å²) in [7, 11) is 0. The van der Waals surface area contributed by atoms with Crippen molar-refractivity contribution in [1.29, 1.82) is 0 Å². The molecule has 0 bridgehead atoms. The van der Waals surface area contributed by atoms with Crippen molar-refractivity contribution in [3.05, 3.63) is 23.9 Å². The highest BCUT2D eigenvalue weighted by atomic mass is 16.5. The Kier molecular flexibility index (Phi) is 3.69. The lowest BCUT2D eigenvalue weighted by Crippen LogP contribution is -2.28. The van der Waals surface area contributed by atoms with Gasteiger partial charge >= 0.3 is 0 Å². The fourth-order valence-electron chi connectivity index (χ4n) is 1.17. The predicted molar refractivity (Wildman–Crippen MR) is 61.8 cm³/mol. The van der Waals surface area contributed by atoms with E-state index < -0.39 is 0 Å². The summed E-state index contributed by atoms with van der Waals surface area (Å²) in [6.45, 7) is 8.12. The van der Waals surface area contributed by atoms with Crippen molar-refractivity contribution < 1.29 is 4.74 Å². The Hall–Kier alpha value is -1.09. The first-order valence-corrected chi connectivity index (χ1v) is 5.36. The minimum Gasteiger partial charge on any atom is -0.471 e. The maximum Gasteiger partial charge on any atom is 0.218 e. The van der Waals surface area contributed by atoms with Gasteiger partial charge in [-0.1, -0.05) is 13.0 Å². The molecule has 0 aliphatic carbocycles. The SMILES string of the molecule is CCC(C)(C)Oc1ncccc1C(C)N. The van der Waals surface area contributed by atoms with Crippen LogP contribution in [0, 0.1) is 0 Å². The molecular formula is C12H20N2O. The molecule has 0 spiro atoms. The Bertz CT molecular complexity index is 321. The number of nitrogens with two attached hydrogens (primary N) is 1. The van der Waals surface area contributed by atoms with Crippen LogP contribution in [-0.2, 0) is 0 Å². The minimum absolute atomic E-state index is 0.0543. The number of nitrogens with zero attached hydrogens (tertiary/aromatic N) is 1. The molecule has 0 saturated heterocycles. The monoisotopic (exact) mass is 208 g/mol. The minimum atomic E-state index is -0.196. The number of ether oxygens (including phenoxy) is 1. The summed E-state index contributed by atoms with van der Waals surface area (Å²) in [4.78, 5) is 4.23. The molecule has 1 atom stereocenters. The van der Waals surface area contributed by atoms with Gasteiger partial charge in [-0.05, 0) is 33.3 Å². The summed E-state index contributed by atoms with van der Waals surface area (Å²) in [5.41, 5.74) is 6.62. The van der Waals surface area contributed by atoms with E-state index in [1.165, 1.54) is 0 Å². The average Bonchev–Trinajstić information content (AvgIpc) is 2.18. The highest BCUT2D eigenvalue weighted by molar-refractivity contribution is 5.28. The van der Waals surface area contributed by atoms with E-state index in [0.717, 1.165) is 12.0 Å². The van der Waals surface area contributed by atoms with Crippen LogP contribution in [0.4, 0.5) is 0 Å². The van der Waals surface area contributed by atoms with Crippen LogP contribution in [0.3, 0.4) is 0 Å². The molecule has 1 rings (SSSR count). The normalized spacial score (nSPS) is 13.7. The summed E-state index contributed by atoms with van der Waals surface area (Å²) in [5.74, 6) is 0.652. The van der Waals surface area contributed by atoms with Gasteiger partial charge in [0.15, 0.2) is 0 Å². The molecule has 1 aromatic rings. The molecule has 15 heavy (non-hydrogen) atoms. The number of aromatic nitrogens is 1. The van der Waals surface area contributed by atoms with Crippen molar-refractivity contribution >= 4 is 0 Å². The molecule has 1 unspecified atom stereocenters. The molecule has 84 valence electrons. The Morgan fingerprint density at radius 1 is 1.53 bits per heavy atom. The van der Waals surface area contributed by atoms with Crippen molar-refractivity contribution in [2.45, 2.75) is 45.8 Å². The van der Waals surface area contributed by atoms with Gasteiger partial charge in [0.25, 0.3) is 0 Å². The second-order valence-electron chi connectivity index (χ2n) is 4.40. The van der Waals surface area contributed by atoms with Gasteiger partial charge in [0, 0.05) is 17.8 Å². The van der Waals surface area contributed by atoms with Crippen LogP contribution >= 0.6 is 0 Å². The second kappa shape index (κ2) is 4.62. The van der Waals surface area contributed by atoms with Gasteiger partial charge in [0.2, 0.25) is 5.88 Å². The largest absolute Gasteiger partial charge is 0.471 e. The number of pyridine rings is 1. The third-order valence-electron chi connectivity index (χ3n) is 2.52. The molecule has 0 amide bonds. The molecular weight excluding hydrogens is 188 g/mol. The van der Waals surface area contributed by atoms with Gasteiger partial charge < -0.3 is 10.5 Å². The lowest BCUT2D eigenvalue weighted by molar-refractivity contribution is 0.0971. The summed E-state index contributed by atoms with van der Waals surface area (Å²) in [6.07, 6.45) is 2.66. The number of hydrogen-bond acceptors (Lipinski definition) is 3. The van der Waals surface area contributed by atoms with Crippen LogP contribution in [0.25, 0.3) is 0 Å². The quantitative estimate of drug-likeness (QED) is 0.827. The van der Waals surface area contributed by atoms with Crippen LogP contribution in [-0.4, -0.2) is 10.6 Å². The fraction of sp³-hybridized carbons (Fsp3) is 0.583. The lowest BCUT2D eigenvalue weighted by atomic mass is 10.1. The van der Waals surface area contributed by atoms with Crippen molar-refractivity contribution in [1.82, 2.24) is 4.98 Å². The zero-order chi connectivity index (χ0) is 11.5. The standard InChI is InChI=1S/C12H20N2O/c1-5-12(3,4)15-11-10(9(2)13)7-6-8-14-11/h6-9H,5,13H2,1-4H3. The molecule has 2 N–H and O–H groups in total. The highest BCUT2D eigenvalue weighted by Gasteiger charge is 2.20. The molecule has 3 heteroatoms. The number of rotatable bonds is 4. The Labute approximate surface area is 91.7 Å². The van der Waals surface area contributed by atoms with Crippen LogP contribution in [0.5, 0.6) is 5.88 Å². The van der Waals surface area contributed by atoms with Gasteiger partial charge in [-0.3, -0.25) is 0 Å². The van der Waals surface area contributed by atoms with Gasteiger partial charge in [-0.15, -0.1) is 0 Å². The molecule has 1 aromatic heterocycles. The Balaban J connectivity index is 2.94. The lowest BCUT2D eigenvalue weighted by Gasteiger charge is -2.25. The van der Waals surface area contributed by atoms with E-state index >= 15 is 0 Å². The molecule has 1 heterocycles. The first kappa shape index (κ1) is 12.0. The highest BCUT2D eigenvalue weighted by Crippen LogP contribution is 2.25. The molecule has 0 aliphatic heterocycles. The zero-order valence-corrected chi connectivity index (χ0v) is 9.95. The van der Waals surface area contributed by atoms with E-state index in [1.807, 2.05) is 32.9 Å². The summed E-state index contributed by atoms with van der Waals surface area (Å²) >= 11 is 0. The molecule has 0 fully saturated rings. The third-order valence-corrected chi connectivity index (χ3v) is 2.52. The fourth-order valence-corrected chi connectivity index (χ4v) is 1.17. The van der Waals surface area contributed by atoms with Gasteiger partial charge in [0.05, 0.1) is 0 Å². The Morgan fingerprint density at radius 3 is 2.73 bits per heavy atom. The average molecular weight is 208 g/mol. The first-order valence-electron chi connectivity index (χ1n) is 5.36. The third kappa shape index (κ3) is 3.20. The van der Waals surface area contributed by atoms with Crippen LogP contribution < -0.4 is 10.5 Å². The van der Waals surface area contributed by atoms with Crippen LogP contribution in [0.1, 0.15) is 45.7 Å². The van der Waals surface area contributed by atoms with E-state index in [9.17, 15) is 0 Å². The molecule has 0 radical (unpaired) electrons. The van der Waals surface area contributed by atoms with E-state index in [-0.39, 0.29) is 11.6 Å². The van der Waals surface area contributed by atoms with Crippen molar-refractivity contribution in [2.24, 2.45) is 5.73 Å². The predicted octanol–water partition coefficient (Wildman–Crippen LogP) is 2.67. The summed E-state index contributed by atoms with van der Waals surface area (Å²) < 4.78 is 5.85. The van der Waals surface area contributed by atoms with Gasteiger partial charge in [0.1, 0.15) is 5.60 Å². The van der Waals surface area contributed by atoms with E-state index in [2.05, 4.69) is 11.9 Å². The maximum absolute atomic E-state index is 5.85. The van der Waals surface area contributed by atoms with Crippen LogP contribution in [0.2, 0.25) is 0 Å². The van der Waals surface area contributed by atoms with Crippen molar-refractivity contribution in [3.63, 3.8) is 0 Å². The van der Waals surface area contributed by atoms with E-state index in [0.29, 0.717) is 5.88 Å². The molecule has 3 nitrogen and oxygen atoms in total. The van der Waals surface area contributed by atoms with Gasteiger partial charge in [-0.2, -0.15) is 0 Å². The first-order chi connectivity index (χ1) is 6.96. The van der Waals surface area contributed by atoms with Gasteiger partial charge in [-0.25, -0.2) is 4.98 Å². The van der Waals surface area contributed by atoms with E-state index in [1.54, 1.807) is 6.20 Å². The molecule has 0 aromatic carbocycles. The second-order valence-corrected chi connectivity index (χ2v) is 4.40. The van der Waals surface area contributed by atoms with Crippen molar-refractivity contribution in [2.75, 3.05) is 0 Å². The molecule has 0 aliphatic rings. The maximum atomic E-state index is 5.85. The number of hydrogen-bond donors (Lipinski definition) is 1. The topological polar surface area (TPSA) is 48.1 Å². The van der Waals surface area contributed by atoms with Crippen molar-refractivity contribution in [3.8, 4) is 5.88 Å². The van der Waals surface area contributed by atoms with E-state index in [4.69, 9.17) is 10.5 Å².